The predicted molar refractivity (Wildman–Crippen MR) is 87.8 cm³/mol. The molecule has 0 aliphatic carbocycles. The highest BCUT2D eigenvalue weighted by atomic mass is 16.5. The van der Waals surface area contributed by atoms with Gasteiger partial charge in [-0.1, -0.05) is 12.1 Å². The van der Waals surface area contributed by atoms with E-state index in [9.17, 15) is 5.11 Å². The van der Waals surface area contributed by atoms with Gasteiger partial charge in [-0.2, -0.15) is 0 Å². The quantitative estimate of drug-likeness (QED) is 0.802. The second kappa shape index (κ2) is 5.85. The summed E-state index contributed by atoms with van der Waals surface area (Å²) in [5.74, 6) is 1.43. The third kappa shape index (κ3) is 2.71. The molecular weight excluding hydrogens is 292 g/mol. The SMILES string of the molecule is COc1ccc(C(C)(O)c2ncnc3ccc(OC)cc23)cc1. The van der Waals surface area contributed by atoms with E-state index in [1.54, 1.807) is 21.1 Å². The lowest BCUT2D eigenvalue weighted by Crippen LogP contribution is -2.24. The van der Waals surface area contributed by atoms with E-state index in [-0.39, 0.29) is 0 Å². The minimum Gasteiger partial charge on any atom is -0.497 e. The molecule has 0 fully saturated rings. The molecule has 23 heavy (non-hydrogen) atoms. The number of ether oxygens (including phenoxy) is 2. The average molecular weight is 310 g/mol. The Hall–Kier alpha value is -2.66. The summed E-state index contributed by atoms with van der Waals surface area (Å²) in [6.45, 7) is 1.72. The smallest absolute Gasteiger partial charge is 0.129 e. The average Bonchev–Trinajstić information content (AvgIpc) is 2.60. The molecule has 0 bridgehead atoms. The van der Waals surface area contributed by atoms with Crippen molar-refractivity contribution in [2.24, 2.45) is 0 Å². The van der Waals surface area contributed by atoms with Crippen LogP contribution in [0.2, 0.25) is 0 Å². The number of nitrogens with zero attached hydrogens (tertiary/aromatic N) is 2. The Balaban J connectivity index is 2.16. The molecule has 0 saturated carbocycles. The Kier molecular flexibility index (Phi) is 3.88. The summed E-state index contributed by atoms with van der Waals surface area (Å²) in [6, 6.07) is 12.8. The normalized spacial score (nSPS) is 13.6. The largest absolute Gasteiger partial charge is 0.497 e. The van der Waals surface area contributed by atoms with Crippen LogP contribution < -0.4 is 9.47 Å². The first-order chi connectivity index (χ1) is 11.1. The third-order valence-corrected chi connectivity index (χ3v) is 3.96. The lowest BCUT2D eigenvalue weighted by molar-refractivity contribution is 0.0990. The molecule has 0 spiro atoms. The van der Waals surface area contributed by atoms with Gasteiger partial charge in [0.1, 0.15) is 23.4 Å². The molecule has 0 aliphatic heterocycles. The summed E-state index contributed by atoms with van der Waals surface area (Å²) in [5.41, 5.74) is 0.747. The van der Waals surface area contributed by atoms with Crippen LogP contribution in [0.5, 0.6) is 11.5 Å². The van der Waals surface area contributed by atoms with Gasteiger partial charge in [-0.15, -0.1) is 0 Å². The zero-order chi connectivity index (χ0) is 16.4. The molecule has 1 unspecified atom stereocenters. The Labute approximate surface area is 134 Å². The highest BCUT2D eigenvalue weighted by Crippen LogP contribution is 2.34. The van der Waals surface area contributed by atoms with Gasteiger partial charge in [0.2, 0.25) is 0 Å². The summed E-state index contributed by atoms with van der Waals surface area (Å²) in [7, 11) is 3.21. The zero-order valence-corrected chi connectivity index (χ0v) is 13.3. The van der Waals surface area contributed by atoms with Crippen molar-refractivity contribution >= 4 is 10.9 Å². The van der Waals surface area contributed by atoms with Gasteiger partial charge in [0.05, 0.1) is 25.4 Å². The fourth-order valence-electron chi connectivity index (χ4n) is 2.60. The minimum atomic E-state index is -1.26. The van der Waals surface area contributed by atoms with E-state index in [4.69, 9.17) is 9.47 Å². The standard InChI is InChI=1S/C18H18N2O3/c1-18(21,12-4-6-13(22-2)7-5-12)17-15-10-14(23-3)8-9-16(15)19-11-20-17/h4-11,21H,1-3H3. The van der Waals surface area contributed by atoms with Gasteiger partial charge in [0.25, 0.3) is 0 Å². The second-order valence-electron chi connectivity index (χ2n) is 5.41. The van der Waals surface area contributed by atoms with E-state index in [1.165, 1.54) is 6.33 Å². The van der Waals surface area contributed by atoms with Crippen LogP contribution in [-0.2, 0) is 5.60 Å². The van der Waals surface area contributed by atoms with Gasteiger partial charge in [0, 0.05) is 5.39 Å². The van der Waals surface area contributed by atoms with Crippen molar-refractivity contribution in [2.45, 2.75) is 12.5 Å². The first-order valence-electron chi connectivity index (χ1n) is 7.22. The van der Waals surface area contributed by atoms with Gasteiger partial charge in [-0.25, -0.2) is 9.97 Å². The molecule has 0 aliphatic rings. The summed E-state index contributed by atoms with van der Waals surface area (Å²) in [5, 5.41) is 11.9. The number of aliphatic hydroxyl groups is 1. The van der Waals surface area contributed by atoms with Gasteiger partial charge in [-0.05, 0) is 42.8 Å². The molecule has 1 aromatic heterocycles. The number of aromatic nitrogens is 2. The fraction of sp³-hybridized carbons (Fsp3) is 0.222. The molecule has 5 heteroatoms. The Morgan fingerprint density at radius 1 is 0.913 bits per heavy atom. The number of hydrogen-bond donors (Lipinski definition) is 1. The number of rotatable bonds is 4. The predicted octanol–water partition coefficient (Wildman–Crippen LogP) is 2.90. The van der Waals surface area contributed by atoms with Crippen LogP contribution in [0.4, 0.5) is 0 Å². The lowest BCUT2D eigenvalue weighted by atomic mass is 9.90. The second-order valence-corrected chi connectivity index (χ2v) is 5.41. The molecule has 3 aromatic rings. The molecule has 0 radical (unpaired) electrons. The minimum absolute atomic E-state index is 0.534. The van der Waals surface area contributed by atoms with Crippen molar-refractivity contribution in [3.63, 3.8) is 0 Å². The van der Waals surface area contributed by atoms with Crippen LogP contribution in [0.25, 0.3) is 10.9 Å². The van der Waals surface area contributed by atoms with E-state index in [1.807, 2.05) is 42.5 Å². The van der Waals surface area contributed by atoms with Gasteiger partial charge in [-0.3, -0.25) is 0 Å². The van der Waals surface area contributed by atoms with Crippen LogP contribution in [0.3, 0.4) is 0 Å². The van der Waals surface area contributed by atoms with Crippen LogP contribution in [-0.4, -0.2) is 29.3 Å². The van der Waals surface area contributed by atoms with Crippen LogP contribution in [0, 0.1) is 0 Å². The molecular formula is C18H18N2O3. The molecule has 1 heterocycles. The highest BCUT2D eigenvalue weighted by Gasteiger charge is 2.29. The summed E-state index contributed by atoms with van der Waals surface area (Å²) < 4.78 is 10.4. The Morgan fingerprint density at radius 2 is 1.57 bits per heavy atom. The molecule has 3 rings (SSSR count). The molecule has 118 valence electrons. The molecule has 1 N–H and O–H groups in total. The topological polar surface area (TPSA) is 64.5 Å². The first-order valence-corrected chi connectivity index (χ1v) is 7.22. The van der Waals surface area contributed by atoms with Gasteiger partial charge >= 0.3 is 0 Å². The zero-order valence-electron chi connectivity index (χ0n) is 13.3. The van der Waals surface area contributed by atoms with Crippen molar-refractivity contribution in [3.05, 3.63) is 60.0 Å². The van der Waals surface area contributed by atoms with Crippen molar-refractivity contribution in [1.82, 2.24) is 9.97 Å². The van der Waals surface area contributed by atoms with Crippen molar-refractivity contribution in [2.75, 3.05) is 14.2 Å². The van der Waals surface area contributed by atoms with E-state index in [0.717, 1.165) is 22.2 Å². The lowest BCUT2D eigenvalue weighted by Gasteiger charge is -2.24. The first kappa shape index (κ1) is 15.2. The fourth-order valence-corrected chi connectivity index (χ4v) is 2.60. The number of methoxy groups -OCH3 is 2. The molecule has 5 nitrogen and oxygen atoms in total. The maximum atomic E-state index is 11.1. The highest BCUT2D eigenvalue weighted by molar-refractivity contribution is 5.83. The van der Waals surface area contributed by atoms with Gasteiger partial charge < -0.3 is 14.6 Å². The Morgan fingerprint density at radius 3 is 2.22 bits per heavy atom. The molecule has 0 amide bonds. The molecule has 2 aromatic carbocycles. The number of benzene rings is 2. The number of fused-ring (bicyclic) bond motifs is 1. The maximum Gasteiger partial charge on any atom is 0.129 e. The summed E-state index contributed by atoms with van der Waals surface area (Å²) in [4.78, 5) is 8.58. The van der Waals surface area contributed by atoms with Crippen molar-refractivity contribution in [3.8, 4) is 11.5 Å². The van der Waals surface area contributed by atoms with E-state index in [2.05, 4.69) is 9.97 Å². The van der Waals surface area contributed by atoms with Gasteiger partial charge in [0.15, 0.2) is 0 Å². The van der Waals surface area contributed by atoms with E-state index < -0.39 is 5.60 Å². The molecule has 0 saturated heterocycles. The summed E-state index contributed by atoms with van der Waals surface area (Å²) >= 11 is 0. The van der Waals surface area contributed by atoms with Crippen molar-refractivity contribution < 1.29 is 14.6 Å². The van der Waals surface area contributed by atoms with Crippen molar-refractivity contribution in [1.29, 1.82) is 0 Å². The monoisotopic (exact) mass is 310 g/mol. The maximum absolute atomic E-state index is 11.1. The molecule has 1 atom stereocenters. The number of hydrogen-bond acceptors (Lipinski definition) is 5. The van der Waals surface area contributed by atoms with E-state index >= 15 is 0 Å². The Bertz CT molecular complexity index is 829. The van der Waals surface area contributed by atoms with E-state index in [0.29, 0.717) is 11.4 Å². The third-order valence-electron chi connectivity index (χ3n) is 3.96. The van der Waals surface area contributed by atoms with Crippen LogP contribution in [0.1, 0.15) is 18.2 Å². The summed E-state index contributed by atoms with van der Waals surface area (Å²) in [6.07, 6.45) is 1.46. The van der Waals surface area contributed by atoms with Crippen LogP contribution in [0.15, 0.2) is 48.8 Å². The van der Waals surface area contributed by atoms with Crippen LogP contribution >= 0.6 is 0 Å².